The van der Waals surface area contributed by atoms with E-state index in [9.17, 15) is 0 Å². The Labute approximate surface area is 150 Å². The molecule has 1 rings (SSSR count). The van der Waals surface area contributed by atoms with E-state index in [-0.39, 0.29) is 24.0 Å². The van der Waals surface area contributed by atoms with Crippen molar-refractivity contribution in [2.45, 2.75) is 33.7 Å². The first-order valence-corrected chi connectivity index (χ1v) is 7.56. The second-order valence-corrected chi connectivity index (χ2v) is 5.27. The molecule has 0 bridgehead atoms. The van der Waals surface area contributed by atoms with Crippen LogP contribution >= 0.6 is 24.0 Å². The van der Waals surface area contributed by atoms with Crippen LogP contribution in [0.4, 0.5) is 0 Å². The molecule has 0 saturated heterocycles. The Balaban J connectivity index is 0.00000441. The zero-order chi connectivity index (χ0) is 15.5. The van der Waals surface area contributed by atoms with Gasteiger partial charge in [-0.3, -0.25) is 0 Å². The maximum atomic E-state index is 5.57. The van der Waals surface area contributed by atoms with E-state index < -0.39 is 0 Å². The number of guanidine groups is 1. The van der Waals surface area contributed by atoms with Gasteiger partial charge in [-0.05, 0) is 19.3 Å². The Morgan fingerprint density at radius 2 is 2.14 bits per heavy atom. The van der Waals surface area contributed by atoms with Crippen molar-refractivity contribution in [2.75, 3.05) is 26.3 Å². The lowest BCUT2D eigenvalue weighted by molar-refractivity contribution is 0.128. The van der Waals surface area contributed by atoms with Crippen LogP contribution < -0.4 is 10.6 Å². The normalized spacial score (nSPS) is 11.4. The van der Waals surface area contributed by atoms with Crippen molar-refractivity contribution in [3.05, 3.63) is 12.2 Å². The summed E-state index contributed by atoms with van der Waals surface area (Å²) in [5.41, 5.74) is 0. The van der Waals surface area contributed by atoms with Crippen LogP contribution in [0.15, 0.2) is 11.3 Å². The molecule has 0 atom stereocenters. The number of nitrogens with one attached hydrogen (secondary N) is 2. The highest BCUT2D eigenvalue weighted by Crippen LogP contribution is 1.98. The van der Waals surface area contributed by atoms with E-state index >= 15 is 0 Å². The summed E-state index contributed by atoms with van der Waals surface area (Å²) >= 11 is 0. The number of rotatable bonds is 9. The molecule has 0 amide bonds. The fraction of sp³-hybridized carbons (Fsp3) is 0.786. The predicted molar refractivity (Wildman–Crippen MR) is 99.5 cm³/mol. The summed E-state index contributed by atoms with van der Waals surface area (Å²) in [7, 11) is 1.91. The highest BCUT2D eigenvalue weighted by Gasteiger charge is 2.01. The molecule has 0 fully saturated rings. The molecule has 0 aliphatic heterocycles. The first-order chi connectivity index (χ1) is 10.1. The fourth-order valence-corrected chi connectivity index (χ4v) is 1.60. The fourth-order valence-electron chi connectivity index (χ4n) is 1.60. The lowest BCUT2D eigenvalue weighted by atomic mass is 10.1. The lowest BCUT2D eigenvalue weighted by Gasteiger charge is -2.11. The minimum absolute atomic E-state index is 0. The van der Waals surface area contributed by atoms with Crippen LogP contribution in [0.3, 0.4) is 0 Å². The van der Waals surface area contributed by atoms with Crippen molar-refractivity contribution in [1.82, 2.24) is 25.4 Å². The van der Waals surface area contributed by atoms with Crippen LogP contribution in [0.5, 0.6) is 0 Å². The molecule has 0 radical (unpaired) electrons. The molecule has 1 aromatic rings. The van der Waals surface area contributed by atoms with Crippen molar-refractivity contribution in [2.24, 2.45) is 18.0 Å². The lowest BCUT2D eigenvalue weighted by Crippen LogP contribution is -2.39. The molecule has 0 aliphatic rings. The van der Waals surface area contributed by atoms with Gasteiger partial charge in [-0.15, -0.1) is 34.2 Å². The van der Waals surface area contributed by atoms with Crippen LogP contribution in [-0.2, 0) is 18.3 Å². The van der Waals surface area contributed by atoms with Gasteiger partial charge in [0.2, 0.25) is 0 Å². The van der Waals surface area contributed by atoms with Gasteiger partial charge in [-0.2, -0.15) is 0 Å². The van der Waals surface area contributed by atoms with Crippen molar-refractivity contribution < 1.29 is 4.74 Å². The zero-order valence-corrected chi connectivity index (χ0v) is 16.3. The molecule has 0 unspecified atom stereocenters. The standard InChI is InChI=1S/C14H28N6O.HI/c1-5-15-14(16-7-9-21-8-6-12(2)3)17-10-13-19-18-11-20(13)4;/h11-12H,5-10H2,1-4H3,(H2,15,16,17);1H. The Bertz CT molecular complexity index is 421. The molecule has 2 N–H and O–H groups in total. The predicted octanol–water partition coefficient (Wildman–Crippen LogP) is 1.55. The minimum Gasteiger partial charge on any atom is -0.380 e. The summed E-state index contributed by atoms with van der Waals surface area (Å²) < 4.78 is 7.43. The molecule has 22 heavy (non-hydrogen) atoms. The minimum atomic E-state index is 0. The summed E-state index contributed by atoms with van der Waals surface area (Å²) in [5.74, 6) is 2.29. The Kier molecular flexibility index (Phi) is 12.1. The maximum absolute atomic E-state index is 5.57. The van der Waals surface area contributed by atoms with Gasteiger partial charge >= 0.3 is 0 Å². The largest absolute Gasteiger partial charge is 0.380 e. The van der Waals surface area contributed by atoms with Crippen LogP contribution in [-0.4, -0.2) is 47.0 Å². The maximum Gasteiger partial charge on any atom is 0.191 e. The number of nitrogens with zero attached hydrogens (tertiary/aromatic N) is 4. The molecule has 128 valence electrons. The van der Waals surface area contributed by atoms with Gasteiger partial charge in [0.1, 0.15) is 12.9 Å². The number of aliphatic imine (C=N–C) groups is 1. The topological polar surface area (TPSA) is 76.4 Å². The van der Waals surface area contributed by atoms with Crippen molar-refractivity contribution >= 4 is 29.9 Å². The number of ether oxygens (including phenoxy) is 1. The molecule has 1 aromatic heterocycles. The van der Waals surface area contributed by atoms with Crippen molar-refractivity contribution in [3.63, 3.8) is 0 Å². The Hall–Kier alpha value is -0.900. The van der Waals surface area contributed by atoms with E-state index in [4.69, 9.17) is 4.74 Å². The smallest absolute Gasteiger partial charge is 0.191 e. The summed E-state index contributed by atoms with van der Waals surface area (Å²) in [6.07, 6.45) is 2.77. The van der Waals surface area contributed by atoms with Gasteiger partial charge < -0.3 is 19.9 Å². The number of hydrogen-bond acceptors (Lipinski definition) is 4. The Morgan fingerprint density at radius 1 is 1.36 bits per heavy atom. The second kappa shape index (κ2) is 12.6. The van der Waals surface area contributed by atoms with E-state index in [1.807, 2.05) is 18.5 Å². The first kappa shape index (κ1) is 21.1. The first-order valence-electron chi connectivity index (χ1n) is 7.56. The average molecular weight is 424 g/mol. The zero-order valence-electron chi connectivity index (χ0n) is 14.0. The third-order valence-corrected chi connectivity index (χ3v) is 2.91. The highest BCUT2D eigenvalue weighted by atomic mass is 127. The number of aromatic nitrogens is 3. The highest BCUT2D eigenvalue weighted by molar-refractivity contribution is 14.0. The molecule has 0 saturated carbocycles. The number of hydrogen-bond donors (Lipinski definition) is 2. The summed E-state index contributed by atoms with van der Waals surface area (Å²) in [6.45, 7) is 9.99. The summed E-state index contributed by atoms with van der Waals surface area (Å²) in [6, 6.07) is 0. The second-order valence-electron chi connectivity index (χ2n) is 5.27. The Morgan fingerprint density at radius 3 is 2.73 bits per heavy atom. The van der Waals surface area contributed by atoms with E-state index in [1.54, 1.807) is 6.33 Å². The van der Waals surface area contributed by atoms with Gasteiger partial charge in [0.25, 0.3) is 0 Å². The molecule has 1 heterocycles. The van der Waals surface area contributed by atoms with Gasteiger partial charge in [-0.25, -0.2) is 4.99 Å². The van der Waals surface area contributed by atoms with E-state index in [0.717, 1.165) is 37.9 Å². The third-order valence-electron chi connectivity index (χ3n) is 2.91. The van der Waals surface area contributed by atoms with E-state index in [2.05, 4.69) is 39.7 Å². The van der Waals surface area contributed by atoms with E-state index in [0.29, 0.717) is 19.1 Å². The quantitative estimate of drug-likeness (QED) is 0.272. The number of halogens is 1. The van der Waals surface area contributed by atoms with Crippen molar-refractivity contribution in [3.8, 4) is 0 Å². The third kappa shape index (κ3) is 9.19. The van der Waals surface area contributed by atoms with Crippen LogP contribution in [0, 0.1) is 5.92 Å². The molecule has 7 nitrogen and oxygen atoms in total. The van der Waals surface area contributed by atoms with E-state index in [1.165, 1.54) is 0 Å². The summed E-state index contributed by atoms with van der Waals surface area (Å²) in [4.78, 5) is 4.48. The van der Waals surface area contributed by atoms with Gasteiger partial charge in [-0.1, -0.05) is 13.8 Å². The molecule has 0 aromatic carbocycles. The SMILES string of the molecule is CCNC(=NCc1nncn1C)NCCOCCC(C)C.I. The molecule has 0 spiro atoms. The average Bonchev–Trinajstić information content (AvgIpc) is 2.85. The monoisotopic (exact) mass is 424 g/mol. The molecular formula is C14H29IN6O. The summed E-state index contributed by atoms with van der Waals surface area (Å²) in [5, 5.41) is 14.3. The molecule has 8 heteroatoms. The van der Waals surface area contributed by atoms with Gasteiger partial charge in [0.15, 0.2) is 11.8 Å². The van der Waals surface area contributed by atoms with Gasteiger partial charge in [0.05, 0.1) is 6.61 Å². The number of aryl methyl sites for hydroxylation is 1. The van der Waals surface area contributed by atoms with Crippen molar-refractivity contribution in [1.29, 1.82) is 0 Å². The van der Waals surface area contributed by atoms with Crippen LogP contribution in [0.1, 0.15) is 33.0 Å². The molecular weight excluding hydrogens is 395 g/mol. The van der Waals surface area contributed by atoms with Gasteiger partial charge in [0, 0.05) is 26.7 Å². The van der Waals surface area contributed by atoms with Crippen LogP contribution in [0.25, 0.3) is 0 Å². The molecule has 0 aliphatic carbocycles. The van der Waals surface area contributed by atoms with Crippen LogP contribution in [0.2, 0.25) is 0 Å².